The molecule has 0 radical (unpaired) electrons. The molecule has 0 spiro atoms. The van der Waals surface area contributed by atoms with Gasteiger partial charge in [-0.25, -0.2) is 14.6 Å². The first-order valence-corrected chi connectivity index (χ1v) is 6.70. The van der Waals surface area contributed by atoms with Crippen LogP contribution >= 0.6 is 12.2 Å². The Hall–Kier alpha value is -1.27. The molecule has 19 heavy (non-hydrogen) atoms. The second kappa shape index (κ2) is 6.25. The predicted molar refractivity (Wildman–Crippen MR) is 74.3 cm³/mol. The highest BCUT2D eigenvalue weighted by Gasteiger charge is 2.21. The second-order valence-electron chi connectivity index (χ2n) is 4.86. The maximum absolute atomic E-state index is 13.1. The standard InChI is InChI=1S/C13H17F2N3S/c14-11-6-10(7-12(15)8-11)5-9-1-3-18(4-2-9)13(19)17-16/h6-9H,1-5,16H2,(H,17,19). The first kappa shape index (κ1) is 14.1. The number of hydrogen-bond donors (Lipinski definition) is 2. The number of benzene rings is 1. The zero-order chi connectivity index (χ0) is 13.8. The van der Waals surface area contributed by atoms with Crippen molar-refractivity contribution >= 4 is 17.3 Å². The fourth-order valence-corrected chi connectivity index (χ4v) is 2.68. The van der Waals surface area contributed by atoms with Crippen LogP contribution in [0.25, 0.3) is 0 Å². The number of rotatable bonds is 2. The third-order valence-corrected chi connectivity index (χ3v) is 3.85. The average Bonchev–Trinajstić information content (AvgIpc) is 2.37. The number of nitrogens with one attached hydrogen (secondary N) is 1. The minimum Gasteiger partial charge on any atom is -0.348 e. The maximum Gasteiger partial charge on any atom is 0.183 e. The first-order chi connectivity index (χ1) is 9.08. The Morgan fingerprint density at radius 3 is 2.37 bits per heavy atom. The van der Waals surface area contributed by atoms with Gasteiger partial charge in [-0.3, -0.25) is 0 Å². The molecule has 0 amide bonds. The van der Waals surface area contributed by atoms with E-state index in [2.05, 4.69) is 5.43 Å². The van der Waals surface area contributed by atoms with Gasteiger partial charge >= 0.3 is 0 Å². The molecule has 0 atom stereocenters. The Balaban J connectivity index is 1.90. The summed E-state index contributed by atoms with van der Waals surface area (Å²) in [5.74, 6) is 4.68. The zero-order valence-electron chi connectivity index (χ0n) is 10.5. The summed E-state index contributed by atoms with van der Waals surface area (Å²) in [5, 5.41) is 0.551. The largest absolute Gasteiger partial charge is 0.348 e. The average molecular weight is 285 g/mol. The lowest BCUT2D eigenvalue weighted by Gasteiger charge is -2.33. The van der Waals surface area contributed by atoms with Gasteiger partial charge < -0.3 is 10.3 Å². The van der Waals surface area contributed by atoms with E-state index in [1.165, 1.54) is 12.1 Å². The van der Waals surface area contributed by atoms with E-state index < -0.39 is 11.6 Å². The van der Waals surface area contributed by atoms with E-state index in [1.54, 1.807) is 0 Å². The molecular formula is C13H17F2N3S. The number of hydrogen-bond acceptors (Lipinski definition) is 2. The number of piperidine rings is 1. The summed E-state index contributed by atoms with van der Waals surface area (Å²) in [7, 11) is 0. The van der Waals surface area contributed by atoms with Crippen LogP contribution in [0.15, 0.2) is 18.2 Å². The van der Waals surface area contributed by atoms with Crippen molar-refractivity contribution in [1.29, 1.82) is 0 Å². The number of likely N-dealkylation sites (tertiary alicyclic amines) is 1. The SMILES string of the molecule is NNC(=S)N1CCC(Cc2cc(F)cc(F)c2)CC1. The molecule has 2 rings (SSSR count). The summed E-state index contributed by atoms with van der Waals surface area (Å²) in [5.41, 5.74) is 3.19. The van der Waals surface area contributed by atoms with E-state index in [4.69, 9.17) is 18.1 Å². The molecule has 1 aromatic carbocycles. The quantitative estimate of drug-likeness (QED) is 0.495. The van der Waals surface area contributed by atoms with E-state index in [1.807, 2.05) is 4.90 Å². The summed E-state index contributed by atoms with van der Waals surface area (Å²) >= 11 is 5.07. The highest BCUT2D eigenvalue weighted by atomic mass is 32.1. The highest BCUT2D eigenvalue weighted by Crippen LogP contribution is 2.22. The van der Waals surface area contributed by atoms with Gasteiger partial charge in [0, 0.05) is 19.2 Å². The van der Waals surface area contributed by atoms with Crippen molar-refractivity contribution in [2.45, 2.75) is 19.3 Å². The van der Waals surface area contributed by atoms with Crippen LogP contribution in [-0.2, 0) is 6.42 Å². The Kier molecular flexibility index (Phi) is 4.66. The molecule has 1 fully saturated rings. The van der Waals surface area contributed by atoms with Gasteiger partial charge in [-0.1, -0.05) is 0 Å². The van der Waals surface area contributed by atoms with E-state index in [0.29, 0.717) is 17.5 Å². The van der Waals surface area contributed by atoms with Gasteiger partial charge in [0.2, 0.25) is 0 Å². The Labute approximate surface area is 116 Å². The van der Waals surface area contributed by atoms with E-state index >= 15 is 0 Å². The van der Waals surface area contributed by atoms with Crippen LogP contribution in [0.2, 0.25) is 0 Å². The van der Waals surface area contributed by atoms with Crippen molar-refractivity contribution in [3.63, 3.8) is 0 Å². The monoisotopic (exact) mass is 285 g/mol. The van der Waals surface area contributed by atoms with Crippen LogP contribution in [0, 0.1) is 17.6 Å². The molecule has 1 aliphatic rings. The topological polar surface area (TPSA) is 41.3 Å². The third-order valence-electron chi connectivity index (χ3n) is 3.47. The second-order valence-corrected chi connectivity index (χ2v) is 5.25. The van der Waals surface area contributed by atoms with Crippen molar-refractivity contribution < 1.29 is 8.78 Å². The number of nitrogens with two attached hydrogens (primary N) is 1. The maximum atomic E-state index is 13.1. The molecule has 0 unspecified atom stereocenters. The molecule has 0 saturated carbocycles. The number of halogens is 2. The minimum atomic E-state index is -0.513. The normalized spacial score (nSPS) is 16.5. The molecule has 1 heterocycles. The van der Waals surface area contributed by atoms with Crippen molar-refractivity contribution in [3.8, 4) is 0 Å². The van der Waals surface area contributed by atoms with Gasteiger partial charge in [-0.15, -0.1) is 0 Å². The van der Waals surface area contributed by atoms with Crippen LogP contribution in [-0.4, -0.2) is 23.1 Å². The minimum absolute atomic E-state index is 0.429. The van der Waals surface area contributed by atoms with E-state index in [9.17, 15) is 8.78 Å². The molecule has 0 bridgehead atoms. The Bertz CT molecular complexity index is 439. The summed E-state index contributed by atoms with van der Waals surface area (Å²) < 4.78 is 26.2. The molecule has 1 aliphatic heterocycles. The van der Waals surface area contributed by atoms with Crippen molar-refractivity contribution in [1.82, 2.24) is 10.3 Å². The van der Waals surface area contributed by atoms with Crippen LogP contribution < -0.4 is 11.3 Å². The molecule has 1 aromatic rings. The van der Waals surface area contributed by atoms with E-state index in [-0.39, 0.29) is 0 Å². The molecule has 3 N–H and O–H groups in total. The highest BCUT2D eigenvalue weighted by molar-refractivity contribution is 7.80. The summed E-state index contributed by atoms with van der Waals surface area (Å²) in [6, 6.07) is 3.71. The smallest absolute Gasteiger partial charge is 0.183 e. The van der Waals surface area contributed by atoms with Gasteiger partial charge in [0.15, 0.2) is 5.11 Å². The molecule has 3 nitrogen and oxygen atoms in total. The molecular weight excluding hydrogens is 268 g/mol. The van der Waals surface area contributed by atoms with E-state index in [0.717, 1.165) is 37.6 Å². The van der Waals surface area contributed by atoms with Gasteiger partial charge in [0.05, 0.1) is 0 Å². The van der Waals surface area contributed by atoms with Crippen molar-refractivity contribution in [3.05, 3.63) is 35.4 Å². The Morgan fingerprint density at radius 1 is 1.26 bits per heavy atom. The van der Waals surface area contributed by atoms with Gasteiger partial charge in [-0.05, 0) is 55.1 Å². The third kappa shape index (κ3) is 3.84. The molecule has 0 aromatic heterocycles. The number of hydrazine groups is 1. The fraction of sp³-hybridized carbons (Fsp3) is 0.462. The summed E-state index contributed by atoms with van der Waals surface area (Å²) in [4.78, 5) is 2.01. The summed E-state index contributed by atoms with van der Waals surface area (Å²) in [6.07, 6.45) is 2.59. The lowest BCUT2D eigenvalue weighted by Crippen LogP contribution is -2.46. The van der Waals surface area contributed by atoms with Gasteiger partial charge in [-0.2, -0.15) is 0 Å². The number of nitrogens with zero attached hydrogens (tertiary/aromatic N) is 1. The van der Waals surface area contributed by atoms with Crippen molar-refractivity contribution in [2.24, 2.45) is 11.8 Å². The fourth-order valence-electron chi connectivity index (χ4n) is 2.49. The predicted octanol–water partition coefficient (Wildman–Crippen LogP) is 1.97. The summed E-state index contributed by atoms with van der Waals surface area (Å²) in [6.45, 7) is 1.65. The molecule has 1 saturated heterocycles. The van der Waals surface area contributed by atoms with Gasteiger partial charge in [0.25, 0.3) is 0 Å². The van der Waals surface area contributed by atoms with Crippen LogP contribution in [0.1, 0.15) is 18.4 Å². The van der Waals surface area contributed by atoms with Crippen LogP contribution in [0.4, 0.5) is 8.78 Å². The van der Waals surface area contributed by atoms with Crippen molar-refractivity contribution in [2.75, 3.05) is 13.1 Å². The molecule has 104 valence electrons. The number of thiocarbonyl (C=S) groups is 1. The Morgan fingerprint density at radius 2 is 1.84 bits per heavy atom. The lowest BCUT2D eigenvalue weighted by molar-refractivity contribution is 0.263. The lowest BCUT2D eigenvalue weighted by atomic mass is 9.90. The van der Waals surface area contributed by atoms with Crippen LogP contribution in [0.5, 0.6) is 0 Å². The molecule has 0 aliphatic carbocycles. The first-order valence-electron chi connectivity index (χ1n) is 6.29. The van der Waals surface area contributed by atoms with Crippen LogP contribution in [0.3, 0.4) is 0 Å². The molecule has 6 heteroatoms. The zero-order valence-corrected chi connectivity index (χ0v) is 11.4. The van der Waals surface area contributed by atoms with Gasteiger partial charge in [0.1, 0.15) is 11.6 Å².